The number of Topliss-reactive ketones (excluding diaryl/α,β-unsaturated/α-hetero) is 1. The van der Waals surface area contributed by atoms with Gasteiger partial charge in [-0.3, -0.25) is 4.79 Å². The van der Waals surface area contributed by atoms with Gasteiger partial charge in [-0.15, -0.1) is 11.8 Å². The van der Waals surface area contributed by atoms with Crippen molar-refractivity contribution in [3.63, 3.8) is 0 Å². The van der Waals surface area contributed by atoms with Crippen molar-refractivity contribution in [3.8, 4) is 0 Å². The smallest absolute Gasteiger partial charge is 0.180 e. The predicted molar refractivity (Wildman–Crippen MR) is 57.8 cm³/mol. The van der Waals surface area contributed by atoms with Crippen molar-refractivity contribution in [2.75, 3.05) is 0 Å². The van der Waals surface area contributed by atoms with E-state index in [1.165, 1.54) is 17.7 Å². The molecule has 14 heavy (non-hydrogen) atoms. The predicted octanol–water partition coefficient (Wildman–Crippen LogP) is 3.29. The molecule has 72 valence electrons. The minimum absolute atomic E-state index is 0.0658. The zero-order valence-electron chi connectivity index (χ0n) is 7.95. The fourth-order valence-electron chi connectivity index (χ4n) is 2.52. The molecule has 2 aliphatic rings. The lowest BCUT2D eigenvalue weighted by molar-refractivity contribution is 0.0948. The van der Waals surface area contributed by atoms with Crippen LogP contribution in [0.25, 0.3) is 0 Å². The molecule has 0 bridgehead atoms. The Balaban J connectivity index is 2.09. The first-order chi connectivity index (χ1) is 6.82. The van der Waals surface area contributed by atoms with E-state index in [2.05, 4.69) is 6.07 Å². The van der Waals surface area contributed by atoms with Gasteiger partial charge in [-0.25, -0.2) is 0 Å². The average Bonchev–Trinajstić information content (AvgIpc) is 2.77. The quantitative estimate of drug-likeness (QED) is 0.645. The summed E-state index contributed by atoms with van der Waals surface area (Å²) in [4.78, 5) is 13.4. The largest absolute Gasteiger partial charge is 0.293 e. The van der Waals surface area contributed by atoms with Crippen molar-refractivity contribution in [2.24, 2.45) is 0 Å². The van der Waals surface area contributed by atoms with Crippen molar-refractivity contribution < 1.29 is 4.79 Å². The van der Waals surface area contributed by atoms with E-state index in [1.54, 1.807) is 11.8 Å². The maximum Gasteiger partial charge on any atom is 0.180 e. The molecule has 0 unspecified atom stereocenters. The molecule has 0 amide bonds. The Kier molecular flexibility index (Phi) is 1.75. The maximum absolute atomic E-state index is 12.2. The van der Waals surface area contributed by atoms with Crippen LogP contribution in [0.2, 0.25) is 0 Å². The number of carbonyl (C=O) groups excluding carboxylic acids is 1. The van der Waals surface area contributed by atoms with Gasteiger partial charge in [0.25, 0.3) is 0 Å². The van der Waals surface area contributed by atoms with Gasteiger partial charge in [-0.1, -0.05) is 31.0 Å². The Morgan fingerprint density at radius 1 is 1.14 bits per heavy atom. The third-order valence-electron chi connectivity index (χ3n) is 3.26. The van der Waals surface area contributed by atoms with E-state index in [-0.39, 0.29) is 4.75 Å². The highest BCUT2D eigenvalue weighted by Crippen LogP contribution is 2.53. The van der Waals surface area contributed by atoms with E-state index in [0.717, 1.165) is 18.4 Å². The van der Waals surface area contributed by atoms with E-state index >= 15 is 0 Å². The summed E-state index contributed by atoms with van der Waals surface area (Å²) in [5, 5.41) is 0. The number of hydrogen-bond acceptors (Lipinski definition) is 2. The van der Waals surface area contributed by atoms with Gasteiger partial charge >= 0.3 is 0 Å². The first-order valence-electron chi connectivity index (χ1n) is 5.15. The first-order valence-corrected chi connectivity index (χ1v) is 5.96. The van der Waals surface area contributed by atoms with Crippen LogP contribution in [0.5, 0.6) is 0 Å². The number of rotatable bonds is 0. The second-order valence-electron chi connectivity index (χ2n) is 4.13. The zero-order valence-corrected chi connectivity index (χ0v) is 8.77. The Labute approximate surface area is 87.9 Å². The van der Waals surface area contributed by atoms with Crippen molar-refractivity contribution >= 4 is 17.5 Å². The highest BCUT2D eigenvalue weighted by molar-refractivity contribution is 8.02. The third-order valence-corrected chi connectivity index (χ3v) is 4.82. The number of thioether (sulfide) groups is 1. The van der Waals surface area contributed by atoms with E-state index in [4.69, 9.17) is 0 Å². The molecule has 1 aromatic carbocycles. The van der Waals surface area contributed by atoms with Gasteiger partial charge in [0.15, 0.2) is 5.78 Å². The Hall–Kier alpha value is -0.760. The zero-order chi connectivity index (χ0) is 9.60. The van der Waals surface area contributed by atoms with E-state index in [9.17, 15) is 4.79 Å². The monoisotopic (exact) mass is 204 g/mol. The van der Waals surface area contributed by atoms with Gasteiger partial charge in [0.05, 0.1) is 4.75 Å². The second kappa shape index (κ2) is 2.86. The van der Waals surface area contributed by atoms with Gasteiger partial charge in [-0.2, -0.15) is 0 Å². The molecule has 1 nitrogen and oxygen atoms in total. The van der Waals surface area contributed by atoms with Crippen LogP contribution in [0.4, 0.5) is 0 Å². The molecule has 1 aliphatic carbocycles. The molecular weight excluding hydrogens is 192 g/mol. The molecule has 0 radical (unpaired) electrons. The molecule has 1 fully saturated rings. The van der Waals surface area contributed by atoms with Crippen molar-refractivity contribution in [1.82, 2.24) is 0 Å². The number of hydrogen-bond donors (Lipinski definition) is 0. The second-order valence-corrected chi connectivity index (χ2v) is 5.55. The average molecular weight is 204 g/mol. The molecule has 1 aromatic rings. The summed E-state index contributed by atoms with van der Waals surface area (Å²) in [6.07, 6.45) is 4.58. The lowest BCUT2D eigenvalue weighted by atomic mass is 9.96. The summed E-state index contributed by atoms with van der Waals surface area (Å²) in [5.74, 6) is 0.385. The molecule has 0 saturated heterocycles. The third kappa shape index (κ3) is 1.01. The Bertz CT molecular complexity index is 391. The summed E-state index contributed by atoms with van der Waals surface area (Å²) >= 11 is 1.80. The SMILES string of the molecule is O=C1c2ccccc2SC12CCCC2. The minimum atomic E-state index is -0.0658. The van der Waals surface area contributed by atoms with Gasteiger partial charge in [0.1, 0.15) is 0 Å². The number of carbonyl (C=O) groups is 1. The number of benzene rings is 1. The normalized spacial score (nSPS) is 23.0. The fraction of sp³-hybridized carbons (Fsp3) is 0.417. The summed E-state index contributed by atoms with van der Waals surface area (Å²) < 4.78 is -0.0658. The highest BCUT2D eigenvalue weighted by atomic mass is 32.2. The molecule has 1 saturated carbocycles. The first kappa shape index (κ1) is 8.54. The minimum Gasteiger partial charge on any atom is -0.293 e. The Morgan fingerprint density at radius 2 is 1.86 bits per heavy atom. The van der Waals surface area contributed by atoms with Crippen LogP contribution in [0.1, 0.15) is 36.0 Å². The molecule has 1 spiro atoms. The van der Waals surface area contributed by atoms with Crippen LogP contribution in [-0.4, -0.2) is 10.5 Å². The molecule has 1 aliphatic heterocycles. The molecule has 0 aromatic heterocycles. The summed E-state index contributed by atoms with van der Waals surface area (Å²) in [5.41, 5.74) is 0.958. The molecule has 1 heterocycles. The van der Waals surface area contributed by atoms with Crippen molar-refractivity contribution in [1.29, 1.82) is 0 Å². The molecular formula is C12H12OS. The van der Waals surface area contributed by atoms with Gasteiger partial charge in [0, 0.05) is 10.5 Å². The van der Waals surface area contributed by atoms with Crippen LogP contribution in [-0.2, 0) is 0 Å². The van der Waals surface area contributed by atoms with Crippen LogP contribution < -0.4 is 0 Å². The van der Waals surface area contributed by atoms with Gasteiger partial charge in [-0.05, 0) is 18.9 Å². The van der Waals surface area contributed by atoms with E-state index < -0.39 is 0 Å². The highest BCUT2D eigenvalue weighted by Gasteiger charge is 2.47. The van der Waals surface area contributed by atoms with Crippen LogP contribution in [0, 0.1) is 0 Å². The standard InChI is InChI=1S/C12H12OS/c13-11-9-5-1-2-6-10(9)14-12(11)7-3-4-8-12/h1-2,5-6H,3-4,7-8H2. The summed E-state index contributed by atoms with van der Waals surface area (Å²) in [7, 11) is 0. The van der Waals surface area contributed by atoms with Gasteiger partial charge < -0.3 is 0 Å². The van der Waals surface area contributed by atoms with Gasteiger partial charge in [0.2, 0.25) is 0 Å². The van der Waals surface area contributed by atoms with Crippen molar-refractivity contribution in [2.45, 2.75) is 35.3 Å². The van der Waals surface area contributed by atoms with E-state index in [0.29, 0.717) is 5.78 Å². The van der Waals surface area contributed by atoms with Crippen molar-refractivity contribution in [3.05, 3.63) is 29.8 Å². The van der Waals surface area contributed by atoms with Crippen LogP contribution in [0.15, 0.2) is 29.2 Å². The summed E-state index contributed by atoms with van der Waals surface area (Å²) in [6.45, 7) is 0. The lowest BCUT2D eigenvalue weighted by Crippen LogP contribution is -2.26. The maximum atomic E-state index is 12.2. The molecule has 3 rings (SSSR count). The Morgan fingerprint density at radius 3 is 2.57 bits per heavy atom. The van der Waals surface area contributed by atoms with E-state index in [1.807, 2.05) is 18.2 Å². The topological polar surface area (TPSA) is 17.1 Å². The summed E-state index contributed by atoms with van der Waals surface area (Å²) in [6, 6.07) is 8.03. The molecule has 2 heteroatoms. The molecule has 0 atom stereocenters. The molecule has 0 N–H and O–H groups in total. The fourth-order valence-corrected chi connectivity index (χ4v) is 4.05. The lowest BCUT2D eigenvalue weighted by Gasteiger charge is -2.18. The number of ketones is 1. The number of fused-ring (bicyclic) bond motifs is 1. The van der Waals surface area contributed by atoms with Crippen LogP contribution >= 0.6 is 11.8 Å². The van der Waals surface area contributed by atoms with Crippen LogP contribution in [0.3, 0.4) is 0 Å².